The minimum Gasteiger partial charge on any atom is -0.480 e. The number of methoxy groups -OCH3 is 1. The number of carboxylic acids is 1. The van der Waals surface area contributed by atoms with E-state index in [1.54, 1.807) is 6.07 Å². The number of carbonyl (C=O) groups is 1. The molecule has 1 saturated heterocycles. The Bertz CT molecular complexity index is 1050. The maximum absolute atomic E-state index is 11.2. The van der Waals surface area contributed by atoms with E-state index in [0.717, 1.165) is 37.1 Å². The summed E-state index contributed by atoms with van der Waals surface area (Å²) in [5.74, 6) is 0.981. The van der Waals surface area contributed by atoms with Gasteiger partial charge in [0.15, 0.2) is 0 Å². The third kappa shape index (κ3) is 3.90. The Kier molecular flexibility index (Phi) is 5.13. The van der Waals surface area contributed by atoms with E-state index in [4.69, 9.17) is 10.5 Å². The second-order valence-electron chi connectivity index (χ2n) is 6.84. The fourth-order valence-electron chi connectivity index (χ4n) is 3.48. The molecule has 2 aromatic heterocycles. The molecule has 9 nitrogen and oxygen atoms in total. The Morgan fingerprint density at radius 1 is 1.10 bits per heavy atom. The zero-order valence-corrected chi connectivity index (χ0v) is 16.1. The fourth-order valence-corrected chi connectivity index (χ4v) is 3.48. The van der Waals surface area contributed by atoms with Crippen molar-refractivity contribution in [3.05, 3.63) is 47.8 Å². The number of aromatic nitrogens is 3. The molecule has 1 aromatic carbocycles. The highest BCUT2D eigenvalue weighted by Gasteiger charge is 2.21. The van der Waals surface area contributed by atoms with Gasteiger partial charge in [0, 0.05) is 31.6 Å². The van der Waals surface area contributed by atoms with Crippen molar-refractivity contribution >= 4 is 28.5 Å². The normalized spacial score (nSPS) is 14.9. The maximum atomic E-state index is 11.2. The second kappa shape index (κ2) is 7.88. The number of anilines is 2. The van der Waals surface area contributed by atoms with Gasteiger partial charge in [-0.25, -0.2) is 14.8 Å². The summed E-state index contributed by atoms with van der Waals surface area (Å²) in [6.07, 6.45) is 0. The van der Waals surface area contributed by atoms with Gasteiger partial charge in [0.1, 0.15) is 23.0 Å². The van der Waals surface area contributed by atoms with Crippen LogP contribution in [0.4, 0.5) is 11.6 Å². The van der Waals surface area contributed by atoms with E-state index in [9.17, 15) is 9.90 Å². The molecule has 3 heterocycles. The van der Waals surface area contributed by atoms with Gasteiger partial charge in [-0.15, -0.1) is 0 Å². The monoisotopic (exact) mass is 394 g/mol. The fraction of sp³-hybridized carbons (Fsp3) is 0.300. The standard InChI is InChI=1S/C20H22N6O3/c1-29-19-14(20(27)28)6-7-17(24-19)26-10-8-25(9-11-26)12-16-22-15-5-3-2-4-13(15)18(21)23-16/h2-7H,8-12H2,1H3,(H,27,28)(H2,21,22,23). The first kappa shape index (κ1) is 18.9. The number of piperazine rings is 1. The summed E-state index contributed by atoms with van der Waals surface area (Å²) < 4.78 is 5.13. The van der Waals surface area contributed by atoms with Crippen LogP contribution in [0.2, 0.25) is 0 Å². The van der Waals surface area contributed by atoms with Crippen molar-refractivity contribution in [3.63, 3.8) is 0 Å². The van der Waals surface area contributed by atoms with Gasteiger partial charge in [0.25, 0.3) is 0 Å². The molecule has 9 heteroatoms. The van der Waals surface area contributed by atoms with Crippen LogP contribution in [0.25, 0.3) is 10.9 Å². The van der Waals surface area contributed by atoms with Gasteiger partial charge in [0.2, 0.25) is 5.88 Å². The Balaban J connectivity index is 1.43. The molecule has 0 radical (unpaired) electrons. The second-order valence-corrected chi connectivity index (χ2v) is 6.84. The third-order valence-corrected chi connectivity index (χ3v) is 5.01. The third-order valence-electron chi connectivity index (χ3n) is 5.01. The SMILES string of the molecule is COc1nc(N2CCN(Cc3nc(N)c4ccccc4n3)CC2)ccc1C(=O)O. The first-order valence-electron chi connectivity index (χ1n) is 9.32. The molecule has 0 spiro atoms. The Morgan fingerprint density at radius 3 is 2.59 bits per heavy atom. The summed E-state index contributed by atoms with van der Waals surface area (Å²) in [6.45, 7) is 3.75. The number of fused-ring (bicyclic) bond motifs is 1. The number of pyridine rings is 1. The largest absolute Gasteiger partial charge is 0.480 e. The van der Waals surface area contributed by atoms with E-state index in [-0.39, 0.29) is 11.4 Å². The molecular weight excluding hydrogens is 372 g/mol. The first-order chi connectivity index (χ1) is 14.0. The van der Waals surface area contributed by atoms with Crippen molar-refractivity contribution in [2.24, 2.45) is 0 Å². The number of aromatic carboxylic acids is 1. The number of hydrogen-bond acceptors (Lipinski definition) is 8. The van der Waals surface area contributed by atoms with Gasteiger partial charge in [-0.2, -0.15) is 4.98 Å². The van der Waals surface area contributed by atoms with Crippen molar-refractivity contribution in [2.45, 2.75) is 6.54 Å². The molecule has 3 N–H and O–H groups in total. The van der Waals surface area contributed by atoms with Crippen LogP contribution < -0.4 is 15.4 Å². The molecule has 1 fully saturated rings. The highest BCUT2D eigenvalue weighted by Crippen LogP contribution is 2.23. The van der Waals surface area contributed by atoms with E-state index in [0.29, 0.717) is 24.0 Å². The van der Waals surface area contributed by atoms with Crippen LogP contribution in [-0.4, -0.2) is 64.2 Å². The molecular formula is C20H22N6O3. The van der Waals surface area contributed by atoms with Crippen LogP contribution in [0.5, 0.6) is 5.88 Å². The number of nitrogen functional groups attached to an aromatic ring is 1. The van der Waals surface area contributed by atoms with Crippen LogP contribution in [0.3, 0.4) is 0 Å². The summed E-state index contributed by atoms with van der Waals surface area (Å²) >= 11 is 0. The molecule has 0 unspecified atom stereocenters. The van der Waals surface area contributed by atoms with Crippen molar-refractivity contribution in [2.75, 3.05) is 43.9 Å². The zero-order chi connectivity index (χ0) is 20.4. The highest BCUT2D eigenvalue weighted by molar-refractivity contribution is 5.90. The minimum absolute atomic E-state index is 0.0564. The summed E-state index contributed by atoms with van der Waals surface area (Å²) in [5, 5.41) is 10.1. The molecule has 0 atom stereocenters. The average molecular weight is 394 g/mol. The van der Waals surface area contributed by atoms with Crippen LogP contribution >= 0.6 is 0 Å². The van der Waals surface area contributed by atoms with E-state index < -0.39 is 5.97 Å². The van der Waals surface area contributed by atoms with E-state index in [1.165, 1.54) is 13.2 Å². The molecule has 0 bridgehead atoms. The topological polar surface area (TPSA) is 118 Å². The number of rotatable bonds is 5. The van der Waals surface area contributed by atoms with Crippen molar-refractivity contribution < 1.29 is 14.6 Å². The first-order valence-corrected chi connectivity index (χ1v) is 9.32. The molecule has 1 aliphatic rings. The van der Waals surface area contributed by atoms with Gasteiger partial charge in [-0.05, 0) is 24.3 Å². The van der Waals surface area contributed by atoms with Crippen LogP contribution in [-0.2, 0) is 6.54 Å². The van der Waals surface area contributed by atoms with Gasteiger partial charge in [-0.1, -0.05) is 12.1 Å². The average Bonchev–Trinajstić information content (AvgIpc) is 2.74. The maximum Gasteiger partial charge on any atom is 0.341 e. The van der Waals surface area contributed by atoms with Crippen molar-refractivity contribution in [3.8, 4) is 5.88 Å². The number of carboxylic acid groups (broad SMARTS) is 1. The lowest BCUT2D eigenvalue weighted by atomic mass is 10.2. The Labute approximate surface area is 167 Å². The van der Waals surface area contributed by atoms with Gasteiger partial charge in [0.05, 0.1) is 19.2 Å². The summed E-state index contributed by atoms with van der Waals surface area (Å²) in [6, 6.07) is 11.0. The van der Waals surface area contributed by atoms with E-state index in [1.807, 2.05) is 24.3 Å². The molecule has 29 heavy (non-hydrogen) atoms. The summed E-state index contributed by atoms with van der Waals surface area (Å²) in [4.78, 5) is 29.0. The van der Waals surface area contributed by atoms with E-state index >= 15 is 0 Å². The highest BCUT2D eigenvalue weighted by atomic mass is 16.5. The lowest BCUT2D eigenvalue weighted by molar-refractivity contribution is 0.0692. The summed E-state index contributed by atoms with van der Waals surface area (Å²) in [7, 11) is 1.42. The number of para-hydroxylation sites is 1. The molecule has 0 saturated carbocycles. The predicted molar refractivity (Wildman–Crippen MR) is 109 cm³/mol. The lowest BCUT2D eigenvalue weighted by Crippen LogP contribution is -2.46. The molecule has 1 aliphatic heterocycles. The molecule has 0 amide bonds. The van der Waals surface area contributed by atoms with Gasteiger partial charge >= 0.3 is 5.97 Å². The van der Waals surface area contributed by atoms with Gasteiger partial charge < -0.3 is 20.5 Å². The Hall–Kier alpha value is -3.46. The van der Waals surface area contributed by atoms with Crippen LogP contribution in [0, 0.1) is 0 Å². The molecule has 4 rings (SSSR count). The number of nitrogens with zero attached hydrogens (tertiary/aromatic N) is 5. The van der Waals surface area contributed by atoms with Crippen molar-refractivity contribution in [1.82, 2.24) is 19.9 Å². The quantitative estimate of drug-likeness (QED) is 0.666. The molecule has 0 aliphatic carbocycles. The smallest absolute Gasteiger partial charge is 0.341 e. The van der Waals surface area contributed by atoms with Crippen LogP contribution in [0.15, 0.2) is 36.4 Å². The van der Waals surface area contributed by atoms with Gasteiger partial charge in [-0.3, -0.25) is 4.90 Å². The van der Waals surface area contributed by atoms with E-state index in [2.05, 4.69) is 24.8 Å². The lowest BCUT2D eigenvalue weighted by Gasteiger charge is -2.35. The van der Waals surface area contributed by atoms with Crippen LogP contribution in [0.1, 0.15) is 16.2 Å². The molecule has 150 valence electrons. The van der Waals surface area contributed by atoms with Crippen molar-refractivity contribution in [1.29, 1.82) is 0 Å². The summed E-state index contributed by atoms with van der Waals surface area (Å²) in [5.41, 5.74) is 6.99. The zero-order valence-electron chi connectivity index (χ0n) is 16.1. The molecule has 3 aromatic rings. The number of nitrogens with two attached hydrogens (primary N) is 1. The minimum atomic E-state index is -1.06. The Morgan fingerprint density at radius 2 is 1.86 bits per heavy atom. The predicted octanol–water partition coefficient (Wildman–Crippen LogP) is 1.64. The number of ether oxygens (including phenoxy) is 1. The number of benzene rings is 1. The number of hydrogen-bond donors (Lipinski definition) is 2.